The second-order valence-electron chi connectivity index (χ2n) is 8.80. The molecule has 0 spiro atoms. The monoisotopic (exact) mass is 508 g/mol. The van der Waals surface area contributed by atoms with Gasteiger partial charge in [0.05, 0.1) is 12.6 Å². The maximum Gasteiger partial charge on any atom is 0.269 e. The van der Waals surface area contributed by atoms with Crippen molar-refractivity contribution in [3.63, 3.8) is 0 Å². The van der Waals surface area contributed by atoms with Crippen molar-refractivity contribution in [2.45, 2.75) is 57.4 Å². The van der Waals surface area contributed by atoms with Gasteiger partial charge in [0.2, 0.25) is 0 Å². The number of carbonyl (C=O) groups excluding carboxylic acids is 1. The Labute approximate surface area is 215 Å². The van der Waals surface area contributed by atoms with Gasteiger partial charge in [0, 0.05) is 50.2 Å². The highest BCUT2D eigenvalue weighted by molar-refractivity contribution is 7.80. The van der Waals surface area contributed by atoms with Gasteiger partial charge in [-0.2, -0.15) is 5.10 Å². The molecule has 0 aromatic heterocycles. The lowest BCUT2D eigenvalue weighted by molar-refractivity contribution is -0.129. The van der Waals surface area contributed by atoms with Crippen molar-refractivity contribution < 1.29 is 9.53 Å². The molecule has 1 aromatic carbocycles. The lowest BCUT2D eigenvalue weighted by Crippen LogP contribution is -2.55. The molecular weight excluding hydrogens is 468 g/mol. The summed E-state index contributed by atoms with van der Waals surface area (Å²) in [5.41, 5.74) is 11.8. The zero-order valence-corrected chi connectivity index (χ0v) is 22.6. The lowest BCUT2D eigenvalue weighted by Gasteiger charge is -2.39. The van der Waals surface area contributed by atoms with E-state index in [1.54, 1.807) is 14.0 Å². The molecule has 1 amide bonds. The molecule has 0 atom stereocenters. The van der Waals surface area contributed by atoms with E-state index in [-0.39, 0.29) is 5.91 Å². The fourth-order valence-corrected chi connectivity index (χ4v) is 3.88. The molecule has 3 fully saturated rings. The maximum absolute atomic E-state index is 12.1. The number of rotatable bonds is 5. The summed E-state index contributed by atoms with van der Waals surface area (Å²) in [5.74, 6) is 0.892. The Kier molecular flexibility index (Phi) is 12.3. The molecule has 3 aliphatic rings. The van der Waals surface area contributed by atoms with Crippen molar-refractivity contribution in [1.82, 2.24) is 20.3 Å². The van der Waals surface area contributed by atoms with Gasteiger partial charge in [0.25, 0.3) is 5.91 Å². The smallest absolute Gasteiger partial charge is 0.269 e. The predicted octanol–water partition coefficient (Wildman–Crippen LogP) is 2.77. The Balaban J connectivity index is 0.000000227. The first-order valence-electron chi connectivity index (χ1n) is 11.9. The predicted molar refractivity (Wildman–Crippen MR) is 146 cm³/mol. The number of amides is 1. The van der Waals surface area contributed by atoms with Crippen LogP contribution >= 0.6 is 24.8 Å². The summed E-state index contributed by atoms with van der Waals surface area (Å²) in [6, 6.07) is 4.55. The summed E-state index contributed by atoms with van der Waals surface area (Å²) >= 11 is 8.95. The Bertz CT molecular complexity index is 810. The first-order valence-corrected chi connectivity index (χ1v) is 12.8. The average molecular weight is 509 g/mol. The van der Waals surface area contributed by atoms with Gasteiger partial charge in [0.1, 0.15) is 11.5 Å². The molecule has 1 aromatic rings. The molecule has 190 valence electrons. The van der Waals surface area contributed by atoms with Gasteiger partial charge < -0.3 is 15.4 Å². The third kappa shape index (κ3) is 9.50. The Morgan fingerprint density at radius 1 is 1.12 bits per heavy atom. The lowest BCUT2D eigenvalue weighted by atomic mass is 10.1. The fraction of sp³-hybridized carbons (Fsp3) is 0.625. The molecule has 3 N–H and O–H groups in total. The third-order valence-electron chi connectivity index (χ3n) is 5.94. The van der Waals surface area contributed by atoms with Gasteiger partial charge >= 0.3 is 0 Å². The van der Waals surface area contributed by atoms with E-state index in [9.17, 15) is 4.79 Å². The van der Waals surface area contributed by atoms with Gasteiger partial charge in [-0.1, -0.05) is 12.2 Å². The van der Waals surface area contributed by atoms with Crippen LogP contribution in [-0.2, 0) is 4.79 Å². The summed E-state index contributed by atoms with van der Waals surface area (Å²) in [5, 5.41) is 8.69. The zero-order valence-electron chi connectivity index (χ0n) is 20.9. The summed E-state index contributed by atoms with van der Waals surface area (Å²) in [6.07, 6.45) is 5.10. The molecule has 34 heavy (non-hydrogen) atoms. The summed E-state index contributed by atoms with van der Waals surface area (Å²) in [6.45, 7) is 11.4. The average Bonchev–Trinajstić information content (AvgIpc) is 3.43. The topological polar surface area (TPSA) is 86.4 Å². The minimum atomic E-state index is -0.00887. The Morgan fingerprint density at radius 3 is 2.06 bits per heavy atom. The van der Waals surface area contributed by atoms with Gasteiger partial charge in [-0.15, -0.1) is 12.6 Å². The van der Waals surface area contributed by atoms with Crippen LogP contribution in [0, 0.1) is 13.8 Å². The SMILES string of the molecule is C/C(=N\NC=S)C(=O)N1CCN(N2CCCC2)CC1.COc1cc(C)c(S)c(C)c1.NC1CC1. The van der Waals surface area contributed by atoms with Crippen LogP contribution < -0.4 is 15.9 Å². The van der Waals surface area contributed by atoms with Crippen LogP contribution in [0.2, 0.25) is 0 Å². The molecule has 2 saturated heterocycles. The molecule has 2 heterocycles. The summed E-state index contributed by atoms with van der Waals surface area (Å²) < 4.78 is 5.10. The first kappa shape index (κ1) is 28.5. The van der Waals surface area contributed by atoms with Crippen LogP contribution in [-0.4, -0.2) is 84.4 Å². The minimum absolute atomic E-state index is 0.00887. The second kappa shape index (κ2) is 14.6. The van der Waals surface area contributed by atoms with Crippen LogP contribution in [0.15, 0.2) is 22.1 Å². The highest BCUT2D eigenvalue weighted by Gasteiger charge is 2.27. The van der Waals surface area contributed by atoms with Gasteiger partial charge in [-0.3, -0.25) is 10.2 Å². The van der Waals surface area contributed by atoms with E-state index in [4.69, 9.17) is 10.5 Å². The molecule has 10 heteroatoms. The minimum Gasteiger partial charge on any atom is -0.497 e. The molecule has 4 rings (SSSR count). The van der Waals surface area contributed by atoms with Gasteiger partial charge in [-0.25, -0.2) is 10.0 Å². The number of thiol groups is 1. The van der Waals surface area contributed by atoms with E-state index in [0.29, 0.717) is 11.8 Å². The Hall–Kier alpha value is -1.72. The van der Waals surface area contributed by atoms with Crippen LogP contribution in [0.3, 0.4) is 0 Å². The number of ether oxygens (including phenoxy) is 1. The quantitative estimate of drug-likeness (QED) is 0.244. The van der Waals surface area contributed by atoms with Crippen LogP contribution in [0.25, 0.3) is 0 Å². The van der Waals surface area contributed by atoms with Crippen molar-refractivity contribution >= 4 is 42.0 Å². The van der Waals surface area contributed by atoms with Crippen molar-refractivity contribution in [3.05, 3.63) is 23.3 Å². The van der Waals surface area contributed by atoms with Gasteiger partial charge in [-0.05, 0) is 69.7 Å². The molecule has 1 saturated carbocycles. The van der Waals surface area contributed by atoms with E-state index >= 15 is 0 Å². The standard InChI is InChI=1S/C12H21N5OS.C9H12OS.C3H7N/c1-11(14-13-10-19)12(18)15-6-8-17(9-7-15)16-4-2-3-5-16;1-6-4-8(10-3)5-7(2)9(6)11;4-3-1-2-3/h10H,2-9H2,1H3,(H,13,19);4-5,11H,1-3H3;3H,1-2,4H2/b14-11+;;. The number of aryl methyl sites for hydroxylation is 2. The maximum atomic E-state index is 12.1. The normalized spacial score (nSPS) is 18.9. The first-order chi connectivity index (χ1) is 16.3. The van der Waals surface area contributed by atoms with Crippen molar-refractivity contribution in [1.29, 1.82) is 0 Å². The van der Waals surface area contributed by atoms with E-state index in [1.807, 2.05) is 30.9 Å². The fourth-order valence-electron chi connectivity index (χ4n) is 3.70. The van der Waals surface area contributed by atoms with Crippen LogP contribution in [0.5, 0.6) is 5.75 Å². The molecule has 0 radical (unpaired) electrons. The summed E-state index contributed by atoms with van der Waals surface area (Å²) in [4.78, 5) is 15.0. The van der Waals surface area contributed by atoms with E-state index in [2.05, 4.69) is 45.4 Å². The number of benzene rings is 1. The van der Waals surface area contributed by atoms with E-state index in [1.165, 1.54) is 31.2 Å². The molecule has 0 unspecified atom stereocenters. The molecule has 1 aliphatic carbocycles. The third-order valence-corrected chi connectivity index (χ3v) is 6.75. The van der Waals surface area contributed by atoms with E-state index < -0.39 is 0 Å². The molecule has 8 nitrogen and oxygen atoms in total. The highest BCUT2D eigenvalue weighted by Crippen LogP contribution is 2.23. The van der Waals surface area contributed by atoms with E-state index in [0.717, 1.165) is 61.0 Å². The molecule has 2 aliphatic heterocycles. The number of hydrazone groups is 1. The molecular formula is C24H40N6O2S2. The number of hydrogen-bond donors (Lipinski definition) is 3. The molecule has 0 bridgehead atoms. The van der Waals surface area contributed by atoms with Crippen LogP contribution in [0.1, 0.15) is 43.7 Å². The van der Waals surface area contributed by atoms with Crippen LogP contribution in [0.4, 0.5) is 0 Å². The van der Waals surface area contributed by atoms with Crippen molar-refractivity contribution in [2.24, 2.45) is 10.8 Å². The summed E-state index contributed by atoms with van der Waals surface area (Å²) in [7, 11) is 1.67. The second-order valence-corrected chi connectivity index (χ2v) is 9.48. The van der Waals surface area contributed by atoms with Crippen molar-refractivity contribution in [3.8, 4) is 5.75 Å². The zero-order chi connectivity index (χ0) is 25.1. The number of carbonyl (C=O) groups is 1. The number of nitrogens with one attached hydrogen (secondary N) is 1. The van der Waals surface area contributed by atoms with Crippen molar-refractivity contribution in [2.75, 3.05) is 46.4 Å². The van der Waals surface area contributed by atoms with Gasteiger partial charge in [0.15, 0.2) is 0 Å². The highest BCUT2D eigenvalue weighted by atomic mass is 32.1. The number of nitrogens with two attached hydrogens (primary N) is 1. The Morgan fingerprint density at radius 2 is 1.62 bits per heavy atom. The largest absolute Gasteiger partial charge is 0.497 e. The number of thiocarbonyl (C=S) groups is 1. The number of nitrogens with zero attached hydrogens (tertiary/aromatic N) is 4. The number of piperazine rings is 1. The number of hydrazine groups is 1. The number of hydrogen-bond acceptors (Lipinski definition) is 8. The number of methoxy groups -OCH3 is 1.